The quantitative estimate of drug-likeness (QED) is 0.127. The van der Waals surface area contributed by atoms with Gasteiger partial charge in [0, 0.05) is 28.4 Å². The van der Waals surface area contributed by atoms with Gasteiger partial charge in [0.05, 0.1) is 36.4 Å². The highest BCUT2D eigenvalue weighted by Gasteiger charge is 2.45. The van der Waals surface area contributed by atoms with Crippen molar-refractivity contribution in [3.63, 3.8) is 0 Å². The second-order valence-corrected chi connectivity index (χ2v) is 13.5. The normalized spacial score (nSPS) is 21.0. The van der Waals surface area contributed by atoms with Gasteiger partial charge >= 0.3 is 5.69 Å². The maximum atomic E-state index is 13.8. The highest BCUT2D eigenvalue weighted by atomic mass is 35.5. The van der Waals surface area contributed by atoms with Gasteiger partial charge in [-0.1, -0.05) is 36.2 Å². The summed E-state index contributed by atoms with van der Waals surface area (Å²) in [4.78, 5) is 19.0. The van der Waals surface area contributed by atoms with E-state index in [0.29, 0.717) is 65.5 Å². The van der Waals surface area contributed by atoms with Gasteiger partial charge in [-0.05, 0) is 61.9 Å². The zero-order chi connectivity index (χ0) is 34.9. The third kappa shape index (κ3) is 6.89. The Morgan fingerprint density at radius 2 is 1.76 bits per heavy atom. The molecule has 3 aromatic carbocycles. The molecule has 0 saturated carbocycles. The van der Waals surface area contributed by atoms with Crippen molar-refractivity contribution in [2.24, 2.45) is 0 Å². The highest BCUT2D eigenvalue weighted by Crippen LogP contribution is 2.40. The molecule has 0 N–H and O–H groups in total. The Labute approximate surface area is 299 Å². The third-order valence-corrected chi connectivity index (χ3v) is 9.99. The van der Waals surface area contributed by atoms with Gasteiger partial charge in [0.1, 0.15) is 62.8 Å². The minimum atomic E-state index is -1.18. The molecule has 2 aromatic heterocycles. The largest absolute Gasteiger partial charge is 0.627 e. The Morgan fingerprint density at radius 3 is 2.44 bits per heavy atom. The first-order chi connectivity index (χ1) is 24.2. The molecule has 5 aromatic rings. The third-order valence-electron chi connectivity index (χ3n) is 9.44. The second kappa shape index (κ2) is 14.2. The predicted molar refractivity (Wildman–Crippen MR) is 191 cm³/mol. The number of aromatic nitrogens is 6. The van der Waals surface area contributed by atoms with Crippen LogP contribution in [0.4, 0.5) is 11.4 Å². The fraction of sp³-hybridized carbons (Fsp3) is 0.371. The first kappa shape index (κ1) is 34.2. The first-order valence-electron chi connectivity index (χ1n) is 16.6. The van der Waals surface area contributed by atoms with Crippen LogP contribution in [0.25, 0.3) is 5.69 Å². The van der Waals surface area contributed by atoms with E-state index in [1.165, 1.54) is 21.9 Å². The number of piperazine rings is 1. The smallest absolute Gasteiger partial charge is 0.350 e. The van der Waals surface area contributed by atoms with E-state index in [9.17, 15) is 10.0 Å². The summed E-state index contributed by atoms with van der Waals surface area (Å²) in [5, 5.41) is 23.3. The van der Waals surface area contributed by atoms with Crippen molar-refractivity contribution in [1.29, 1.82) is 0 Å². The Balaban J connectivity index is 0.943. The Bertz CT molecular complexity index is 1960. The molecule has 0 aliphatic carbocycles. The lowest BCUT2D eigenvalue weighted by molar-refractivity contribution is -0.190. The standard InChI is InChI=1S/C35H38Cl2N8O5/c1-3-25(2)44-34(46)43(24-40-44)28-5-9-29(10-6-28)45(47)16-14-41(15-17-45)27-7-11-30(12-8-27)48-19-31-20-49-35(50-31,21-42-23-38-22-39-42)32-13-4-26(36)18-33(32)37/h4-13,18,22-25,31H,3,14-17,19-21H2,1-2H3. The number of nitrogens with zero attached hydrogens (tertiary/aromatic N) is 8. The lowest BCUT2D eigenvalue weighted by atomic mass is 10.1. The molecule has 0 radical (unpaired) electrons. The minimum Gasteiger partial charge on any atom is -0.627 e. The van der Waals surface area contributed by atoms with Crippen LogP contribution < -0.4 is 20.0 Å². The van der Waals surface area contributed by atoms with Crippen LogP contribution in [0, 0.1) is 5.21 Å². The summed E-state index contributed by atoms with van der Waals surface area (Å²) in [5.41, 5.74) is 2.82. The fourth-order valence-corrected chi connectivity index (χ4v) is 6.94. The van der Waals surface area contributed by atoms with Gasteiger partial charge in [-0.3, -0.25) is 0 Å². The van der Waals surface area contributed by atoms with Gasteiger partial charge in [0.2, 0.25) is 5.79 Å². The number of hydrogen-bond donors (Lipinski definition) is 0. The van der Waals surface area contributed by atoms with Crippen LogP contribution in [0.15, 0.2) is 90.5 Å². The second-order valence-electron chi connectivity index (χ2n) is 12.7. The molecule has 262 valence electrons. The molecule has 0 amide bonds. The van der Waals surface area contributed by atoms with Crippen molar-refractivity contribution in [1.82, 2.24) is 33.8 Å². The lowest BCUT2D eigenvalue weighted by Gasteiger charge is -2.48. The zero-order valence-electron chi connectivity index (χ0n) is 27.8. The maximum absolute atomic E-state index is 13.8. The number of anilines is 1. The molecule has 13 nitrogen and oxygen atoms in total. The van der Waals surface area contributed by atoms with Crippen LogP contribution in [0.5, 0.6) is 5.75 Å². The Hall–Kier alpha value is -4.24. The van der Waals surface area contributed by atoms with Gasteiger partial charge in [-0.2, -0.15) is 10.2 Å². The van der Waals surface area contributed by atoms with Crippen LogP contribution in [0.3, 0.4) is 0 Å². The van der Waals surface area contributed by atoms with E-state index in [4.69, 9.17) is 37.4 Å². The van der Waals surface area contributed by atoms with Gasteiger partial charge in [-0.25, -0.2) is 23.7 Å². The monoisotopic (exact) mass is 720 g/mol. The molecule has 15 heteroatoms. The molecule has 2 aliphatic rings. The summed E-state index contributed by atoms with van der Waals surface area (Å²) in [5.74, 6) is -0.495. The summed E-state index contributed by atoms with van der Waals surface area (Å²) in [6, 6.07) is 20.3. The number of ether oxygens (including phenoxy) is 3. The maximum Gasteiger partial charge on any atom is 0.350 e. The molecule has 4 heterocycles. The van der Waals surface area contributed by atoms with Crippen molar-refractivity contribution in [3.8, 4) is 11.4 Å². The number of halogens is 2. The SMILES string of the molecule is CCC(C)n1ncn(-c2ccc([N+]3([O-])CCN(c4ccc(OCC5COC(Cn6cncn6)(c6ccc(Cl)cc6Cl)O5)cc4)CC3)cc2)c1=O. The first-order valence-corrected chi connectivity index (χ1v) is 17.3. The number of hydroxylamine groups is 2. The average molecular weight is 722 g/mol. The molecular weight excluding hydrogens is 683 g/mol. The van der Waals surface area contributed by atoms with E-state index in [2.05, 4.69) is 20.1 Å². The number of hydrogen-bond acceptors (Lipinski definition) is 9. The molecule has 50 heavy (non-hydrogen) atoms. The van der Waals surface area contributed by atoms with Crippen molar-refractivity contribution < 1.29 is 14.2 Å². The van der Waals surface area contributed by atoms with Crippen LogP contribution in [0.2, 0.25) is 10.0 Å². The van der Waals surface area contributed by atoms with Crippen molar-refractivity contribution in [3.05, 3.63) is 117 Å². The van der Waals surface area contributed by atoms with Gasteiger partial charge in [-0.15, -0.1) is 0 Å². The van der Waals surface area contributed by atoms with Crippen LogP contribution in [-0.2, 0) is 21.8 Å². The summed E-state index contributed by atoms with van der Waals surface area (Å²) < 4.78 is 23.0. The van der Waals surface area contributed by atoms with Gasteiger partial charge in [0.15, 0.2) is 0 Å². The zero-order valence-corrected chi connectivity index (χ0v) is 29.3. The average Bonchev–Trinajstić information content (AvgIpc) is 3.89. The summed E-state index contributed by atoms with van der Waals surface area (Å²) >= 11 is 12.7. The molecule has 2 fully saturated rings. The number of rotatable bonds is 11. The molecular formula is C35H38Cl2N8O5. The van der Waals surface area contributed by atoms with E-state index in [0.717, 1.165) is 12.1 Å². The predicted octanol–water partition coefficient (Wildman–Crippen LogP) is 5.58. The molecule has 7 rings (SSSR count). The fourth-order valence-electron chi connectivity index (χ4n) is 6.38. The van der Waals surface area contributed by atoms with Crippen molar-refractivity contribution in [2.75, 3.05) is 44.3 Å². The van der Waals surface area contributed by atoms with Crippen LogP contribution >= 0.6 is 23.2 Å². The molecule has 3 atom stereocenters. The molecule has 2 aliphatic heterocycles. The van der Waals surface area contributed by atoms with Gasteiger partial charge < -0.3 is 29.0 Å². The van der Waals surface area contributed by atoms with Crippen LogP contribution in [-0.4, -0.2) is 74.6 Å². The van der Waals surface area contributed by atoms with E-state index in [-0.39, 0.29) is 31.0 Å². The molecule has 2 saturated heterocycles. The molecule has 3 unspecified atom stereocenters. The van der Waals surface area contributed by atoms with E-state index in [1.807, 2.05) is 62.4 Å². The van der Waals surface area contributed by atoms with E-state index < -0.39 is 10.4 Å². The number of quaternary nitrogens is 1. The number of benzene rings is 3. The topological polar surface area (TPSA) is 125 Å². The Kier molecular flexibility index (Phi) is 9.70. The Morgan fingerprint density at radius 1 is 1.02 bits per heavy atom. The lowest BCUT2D eigenvalue weighted by Crippen LogP contribution is -2.57. The van der Waals surface area contributed by atoms with Crippen molar-refractivity contribution >= 4 is 34.6 Å². The summed E-state index contributed by atoms with van der Waals surface area (Å²) in [6.07, 6.45) is 5.02. The molecule has 0 spiro atoms. The van der Waals surface area contributed by atoms with Crippen molar-refractivity contribution in [2.45, 2.75) is 44.7 Å². The van der Waals surface area contributed by atoms with Gasteiger partial charge in [0.25, 0.3) is 0 Å². The van der Waals surface area contributed by atoms with Crippen LogP contribution in [0.1, 0.15) is 31.9 Å². The summed E-state index contributed by atoms with van der Waals surface area (Å²) in [6.45, 7) is 6.77. The van der Waals surface area contributed by atoms with E-state index >= 15 is 0 Å². The highest BCUT2D eigenvalue weighted by molar-refractivity contribution is 6.35. The molecule has 0 bridgehead atoms. The minimum absolute atomic E-state index is 0.0140. The summed E-state index contributed by atoms with van der Waals surface area (Å²) in [7, 11) is 0. The van der Waals surface area contributed by atoms with E-state index in [1.54, 1.807) is 29.2 Å².